The average molecular weight is 581 g/mol. The van der Waals surface area contributed by atoms with Crippen LogP contribution in [0.4, 0.5) is 10.5 Å². The zero-order valence-electron chi connectivity index (χ0n) is 22.8. The van der Waals surface area contributed by atoms with Crippen LogP contribution in [-0.4, -0.2) is 63.2 Å². The van der Waals surface area contributed by atoms with E-state index in [0.29, 0.717) is 32.9 Å². The fraction of sp³-hybridized carbons (Fsp3) is 0.444. The summed E-state index contributed by atoms with van der Waals surface area (Å²) in [4.78, 5) is 27.2. The maximum Gasteiger partial charge on any atom is 0.410 e. The highest BCUT2D eigenvalue weighted by Crippen LogP contribution is 2.31. The number of aliphatic hydroxyl groups is 1. The molecule has 10 nitrogen and oxygen atoms in total. The van der Waals surface area contributed by atoms with Crippen molar-refractivity contribution in [2.24, 2.45) is 0 Å². The van der Waals surface area contributed by atoms with Gasteiger partial charge in [0.15, 0.2) is 5.15 Å². The summed E-state index contributed by atoms with van der Waals surface area (Å²) in [5.41, 5.74) is 5.88. The van der Waals surface area contributed by atoms with Gasteiger partial charge in [-0.25, -0.2) is 9.59 Å². The molecule has 0 spiro atoms. The number of rotatable bonds is 8. The Bertz CT molecular complexity index is 1350. The summed E-state index contributed by atoms with van der Waals surface area (Å²) in [6.45, 7) is 10.5. The first-order valence-electron chi connectivity index (χ1n) is 12.3. The number of esters is 1. The van der Waals surface area contributed by atoms with Crippen LogP contribution in [0.15, 0.2) is 30.3 Å². The van der Waals surface area contributed by atoms with Crippen molar-refractivity contribution in [3.05, 3.63) is 51.6 Å². The van der Waals surface area contributed by atoms with Crippen LogP contribution in [0.2, 0.25) is 10.2 Å². The van der Waals surface area contributed by atoms with Gasteiger partial charge in [0.2, 0.25) is 0 Å². The van der Waals surface area contributed by atoms with E-state index in [1.54, 1.807) is 65.8 Å². The van der Waals surface area contributed by atoms with E-state index >= 15 is 0 Å². The minimum atomic E-state index is -1.06. The number of carbonyl (C=O) groups is 2. The normalized spacial score (nSPS) is 12.7. The number of aromatic amines is 1. The molecule has 0 saturated heterocycles. The van der Waals surface area contributed by atoms with E-state index in [-0.39, 0.29) is 30.4 Å². The van der Waals surface area contributed by atoms with Crippen LogP contribution in [0.3, 0.4) is 0 Å². The Morgan fingerprint density at radius 2 is 1.74 bits per heavy atom. The lowest BCUT2D eigenvalue weighted by atomic mass is 10.1. The van der Waals surface area contributed by atoms with E-state index in [0.717, 1.165) is 0 Å². The average Bonchev–Trinajstić information content (AvgIpc) is 3.17. The first kappa shape index (κ1) is 30.3. The number of anilines is 1. The largest absolute Gasteiger partial charge is 0.492 e. The molecule has 1 atom stereocenters. The molecular weight excluding hydrogens is 547 g/mol. The first-order valence-corrected chi connectivity index (χ1v) is 13.0. The molecule has 0 unspecified atom stereocenters. The quantitative estimate of drug-likeness (QED) is 0.226. The molecule has 3 rings (SSSR count). The van der Waals surface area contributed by atoms with Gasteiger partial charge in [-0.3, -0.25) is 5.10 Å². The number of hydrogen-bond acceptors (Lipinski definition) is 8. The lowest BCUT2D eigenvalue weighted by Crippen LogP contribution is -2.41. The monoisotopic (exact) mass is 580 g/mol. The molecule has 12 heteroatoms. The predicted molar refractivity (Wildman–Crippen MR) is 150 cm³/mol. The third-order valence-corrected chi connectivity index (χ3v) is 5.91. The van der Waals surface area contributed by atoms with E-state index in [2.05, 4.69) is 10.2 Å². The third kappa shape index (κ3) is 8.39. The molecular formula is C27H34Cl2N4O6. The summed E-state index contributed by atoms with van der Waals surface area (Å²) >= 11 is 12.2. The molecule has 1 heterocycles. The number of benzene rings is 2. The number of amides is 1. The molecule has 1 amide bonds. The Balaban J connectivity index is 1.79. The van der Waals surface area contributed by atoms with Crippen molar-refractivity contribution in [1.82, 2.24) is 15.1 Å². The maximum atomic E-state index is 12.9. The van der Waals surface area contributed by atoms with Crippen molar-refractivity contribution in [3.8, 4) is 5.75 Å². The number of nitrogens with one attached hydrogen (secondary N) is 1. The highest BCUT2D eigenvalue weighted by Gasteiger charge is 2.26. The van der Waals surface area contributed by atoms with E-state index in [1.165, 1.54) is 11.0 Å². The van der Waals surface area contributed by atoms with Gasteiger partial charge in [0.05, 0.1) is 46.4 Å². The number of aromatic nitrogens is 2. The molecule has 0 bridgehead atoms. The van der Waals surface area contributed by atoms with Gasteiger partial charge in [0, 0.05) is 6.07 Å². The topological polar surface area (TPSA) is 140 Å². The molecule has 212 valence electrons. The number of nitrogens with zero attached hydrogens (tertiary/aromatic N) is 2. The molecule has 2 aromatic carbocycles. The molecule has 1 aromatic heterocycles. The van der Waals surface area contributed by atoms with Crippen LogP contribution in [0.1, 0.15) is 63.6 Å². The molecule has 0 fully saturated rings. The summed E-state index contributed by atoms with van der Waals surface area (Å²) < 4.78 is 17.0. The van der Waals surface area contributed by atoms with Gasteiger partial charge in [0.25, 0.3) is 0 Å². The first-order chi connectivity index (χ1) is 18.0. The van der Waals surface area contributed by atoms with Crippen LogP contribution in [0, 0.1) is 0 Å². The summed E-state index contributed by atoms with van der Waals surface area (Å²) in [7, 11) is 0. The molecule has 0 aliphatic carbocycles. The standard InChI is InChI=1S/C27H34Cl2N4O6/c1-26(2,3)38-24(35)17-12-16(13-20-22(17)23(29)32-31-20)37-10-9-33(25(36)39-27(4,5)6)14-21(34)15-7-8-18(28)19(30)11-15/h7-8,11-13,21,34H,9-10,14,30H2,1-6H3,(H,31,32)/t21-/m0/s1. The Labute approximate surface area is 237 Å². The van der Waals surface area contributed by atoms with Crippen molar-refractivity contribution in [2.75, 3.05) is 25.4 Å². The molecule has 0 saturated carbocycles. The van der Waals surface area contributed by atoms with E-state index < -0.39 is 29.4 Å². The Morgan fingerprint density at radius 3 is 2.36 bits per heavy atom. The minimum absolute atomic E-state index is 0.0237. The number of carbonyl (C=O) groups excluding carboxylic acids is 2. The number of hydrogen-bond donors (Lipinski definition) is 3. The van der Waals surface area contributed by atoms with Gasteiger partial charge in [-0.2, -0.15) is 5.10 Å². The fourth-order valence-electron chi connectivity index (χ4n) is 3.61. The highest BCUT2D eigenvalue weighted by atomic mass is 35.5. The highest BCUT2D eigenvalue weighted by molar-refractivity contribution is 6.35. The SMILES string of the molecule is CC(C)(C)OC(=O)c1cc(OCCN(C[C@H](O)c2ccc(Cl)c(N)c2)C(=O)OC(C)(C)C)cc2[nH]nc(Cl)c12. The number of nitrogens with two attached hydrogens (primary N) is 1. The molecule has 0 aliphatic heterocycles. The molecule has 0 radical (unpaired) electrons. The van der Waals surface area contributed by atoms with Gasteiger partial charge in [-0.15, -0.1) is 0 Å². The number of aliphatic hydroxyl groups excluding tert-OH is 1. The third-order valence-electron chi connectivity index (χ3n) is 5.29. The number of H-pyrrole nitrogens is 1. The number of fused-ring (bicyclic) bond motifs is 1. The Morgan fingerprint density at radius 1 is 1.08 bits per heavy atom. The molecule has 3 aromatic rings. The zero-order chi connectivity index (χ0) is 29.1. The smallest absolute Gasteiger partial charge is 0.410 e. The summed E-state index contributed by atoms with van der Waals surface area (Å²) in [6, 6.07) is 7.93. The summed E-state index contributed by atoms with van der Waals surface area (Å²) in [5.74, 6) is -0.249. The van der Waals surface area contributed by atoms with Crippen LogP contribution in [0.5, 0.6) is 5.75 Å². The Kier molecular flexibility index (Phi) is 9.25. The fourth-order valence-corrected chi connectivity index (χ4v) is 3.97. The predicted octanol–water partition coefficient (Wildman–Crippen LogP) is 5.76. The van der Waals surface area contributed by atoms with Crippen LogP contribution in [-0.2, 0) is 9.47 Å². The second-order valence-corrected chi connectivity index (χ2v) is 11.7. The molecule has 4 N–H and O–H groups in total. The lowest BCUT2D eigenvalue weighted by molar-refractivity contribution is 0.00709. The number of halogens is 2. The second kappa shape index (κ2) is 11.9. The summed E-state index contributed by atoms with van der Waals surface area (Å²) in [6.07, 6.45) is -1.68. The van der Waals surface area contributed by atoms with Crippen molar-refractivity contribution < 1.29 is 28.9 Å². The lowest BCUT2D eigenvalue weighted by Gasteiger charge is -2.29. The molecule has 39 heavy (non-hydrogen) atoms. The zero-order valence-corrected chi connectivity index (χ0v) is 24.3. The minimum Gasteiger partial charge on any atom is -0.492 e. The Hall–Kier alpha value is -3.21. The van der Waals surface area contributed by atoms with Crippen molar-refractivity contribution >= 4 is 51.9 Å². The van der Waals surface area contributed by atoms with Gasteiger partial charge >= 0.3 is 12.1 Å². The van der Waals surface area contributed by atoms with Crippen molar-refractivity contribution in [1.29, 1.82) is 0 Å². The second-order valence-electron chi connectivity index (χ2n) is 11.0. The van der Waals surface area contributed by atoms with Gasteiger partial charge in [-0.1, -0.05) is 29.3 Å². The number of nitrogen functional groups attached to an aromatic ring is 1. The van der Waals surface area contributed by atoms with Gasteiger partial charge in [0.1, 0.15) is 23.6 Å². The van der Waals surface area contributed by atoms with Crippen molar-refractivity contribution in [3.63, 3.8) is 0 Å². The number of ether oxygens (including phenoxy) is 3. The van der Waals surface area contributed by atoms with E-state index in [4.69, 9.17) is 43.1 Å². The van der Waals surface area contributed by atoms with Crippen LogP contribution >= 0.6 is 23.2 Å². The van der Waals surface area contributed by atoms with Gasteiger partial charge < -0.3 is 30.0 Å². The molecule has 0 aliphatic rings. The van der Waals surface area contributed by atoms with Crippen LogP contribution in [0.25, 0.3) is 10.9 Å². The maximum absolute atomic E-state index is 12.9. The van der Waals surface area contributed by atoms with E-state index in [1.807, 2.05) is 0 Å². The van der Waals surface area contributed by atoms with Crippen molar-refractivity contribution in [2.45, 2.75) is 58.8 Å². The summed E-state index contributed by atoms with van der Waals surface area (Å²) in [5, 5.41) is 18.5. The van der Waals surface area contributed by atoms with Crippen LogP contribution < -0.4 is 10.5 Å². The van der Waals surface area contributed by atoms with Gasteiger partial charge in [-0.05, 0) is 65.3 Å². The van der Waals surface area contributed by atoms with E-state index in [9.17, 15) is 14.7 Å².